The number of rotatable bonds is 8. The highest BCUT2D eigenvalue weighted by Gasteiger charge is 1.97. The standard InChI is InChI=1S/C11H18ClN3O/c1-16-11-9-13-8-10(15-11)14-7-5-3-2-4-6-12/h8-9H,2-7H2,1H3,(H,14,15). The van der Waals surface area contributed by atoms with Gasteiger partial charge in [-0.15, -0.1) is 11.6 Å². The lowest BCUT2D eigenvalue weighted by Gasteiger charge is -2.05. The number of hydrogen-bond acceptors (Lipinski definition) is 4. The second kappa shape index (κ2) is 8.16. The van der Waals surface area contributed by atoms with Gasteiger partial charge in [-0.3, -0.25) is 4.98 Å². The number of halogens is 1. The molecule has 4 nitrogen and oxygen atoms in total. The molecule has 0 amide bonds. The second-order valence-electron chi connectivity index (χ2n) is 3.48. The fourth-order valence-corrected chi connectivity index (χ4v) is 1.51. The molecule has 1 heterocycles. The number of anilines is 1. The summed E-state index contributed by atoms with van der Waals surface area (Å²) in [6, 6.07) is 0. The Balaban J connectivity index is 2.16. The van der Waals surface area contributed by atoms with Gasteiger partial charge in [-0.05, 0) is 12.8 Å². The third-order valence-corrected chi connectivity index (χ3v) is 2.46. The number of ether oxygens (including phenoxy) is 1. The summed E-state index contributed by atoms with van der Waals surface area (Å²) in [5.41, 5.74) is 0. The van der Waals surface area contributed by atoms with Crippen molar-refractivity contribution in [2.24, 2.45) is 0 Å². The molecule has 1 rings (SSSR count). The summed E-state index contributed by atoms with van der Waals surface area (Å²) in [6.45, 7) is 0.907. The number of unbranched alkanes of at least 4 members (excludes halogenated alkanes) is 3. The van der Waals surface area contributed by atoms with Crippen molar-refractivity contribution in [2.45, 2.75) is 25.7 Å². The summed E-state index contributed by atoms with van der Waals surface area (Å²) >= 11 is 5.60. The van der Waals surface area contributed by atoms with Crippen LogP contribution in [0.1, 0.15) is 25.7 Å². The molecule has 0 aliphatic rings. The maximum absolute atomic E-state index is 5.60. The van der Waals surface area contributed by atoms with Crippen LogP contribution >= 0.6 is 11.6 Å². The SMILES string of the molecule is COc1cncc(NCCCCCCCl)n1. The average molecular weight is 244 g/mol. The highest BCUT2D eigenvalue weighted by molar-refractivity contribution is 6.17. The van der Waals surface area contributed by atoms with Gasteiger partial charge in [0, 0.05) is 12.4 Å². The average Bonchev–Trinajstić information content (AvgIpc) is 2.34. The van der Waals surface area contributed by atoms with Gasteiger partial charge in [-0.2, -0.15) is 4.98 Å². The van der Waals surface area contributed by atoms with Gasteiger partial charge in [0.2, 0.25) is 5.88 Å². The third-order valence-electron chi connectivity index (χ3n) is 2.19. The maximum atomic E-state index is 5.60. The van der Waals surface area contributed by atoms with E-state index in [1.807, 2.05) is 0 Å². The minimum Gasteiger partial charge on any atom is -0.480 e. The smallest absolute Gasteiger partial charge is 0.233 e. The first-order chi connectivity index (χ1) is 7.86. The van der Waals surface area contributed by atoms with E-state index in [2.05, 4.69) is 15.3 Å². The van der Waals surface area contributed by atoms with E-state index in [1.54, 1.807) is 19.5 Å². The van der Waals surface area contributed by atoms with E-state index in [1.165, 1.54) is 12.8 Å². The van der Waals surface area contributed by atoms with E-state index >= 15 is 0 Å². The zero-order chi connectivity index (χ0) is 11.6. The van der Waals surface area contributed by atoms with E-state index in [0.717, 1.165) is 31.1 Å². The summed E-state index contributed by atoms with van der Waals surface area (Å²) in [7, 11) is 1.58. The Morgan fingerprint density at radius 3 is 2.81 bits per heavy atom. The van der Waals surface area contributed by atoms with Gasteiger partial charge in [0.25, 0.3) is 0 Å². The predicted molar refractivity (Wildman–Crippen MR) is 66.3 cm³/mol. The molecule has 0 fully saturated rings. The van der Waals surface area contributed by atoms with Crippen molar-refractivity contribution in [3.8, 4) is 5.88 Å². The molecule has 90 valence electrons. The van der Waals surface area contributed by atoms with Crippen molar-refractivity contribution in [1.29, 1.82) is 0 Å². The number of alkyl halides is 1. The molecule has 1 aromatic heterocycles. The van der Waals surface area contributed by atoms with E-state index in [4.69, 9.17) is 16.3 Å². The van der Waals surface area contributed by atoms with Crippen LogP contribution in [0.15, 0.2) is 12.4 Å². The molecule has 1 N–H and O–H groups in total. The summed E-state index contributed by atoms with van der Waals surface area (Å²) < 4.78 is 4.99. The van der Waals surface area contributed by atoms with Crippen LogP contribution in [0.25, 0.3) is 0 Å². The van der Waals surface area contributed by atoms with Crippen molar-refractivity contribution < 1.29 is 4.74 Å². The van der Waals surface area contributed by atoms with Crippen LogP contribution in [0, 0.1) is 0 Å². The molecule has 16 heavy (non-hydrogen) atoms. The van der Waals surface area contributed by atoms with Crippen LogP contribution in [-0.2, 0) is 0 Å². The molecule has 0 saturated carbocycles. The van der Waals surface area contributed by atoms with Crippen LogP contribution in [0.2, 0.25) is 0 Å². The van der Waals surface area contributed by atoms with Crippen LogP contribution < -0.4 is 10.1 Å². The zero-order valence-corrected chi connectivity index (χ0v) is 10.3. The monoisotopic (exact) mass is 243 g/mol. The van der Waals surface area contributed by atoms with Gasteiger partial charge in [0.1, 0.15) is 5.82 Å². The van der Waals surface area contributed by atoms with Crippen LogP contribution in [-0.4, -0.2) is 29.5 Å². The fraction of sp³-hybridized carbons (Fsp3) is 0.636. The van der Waals surface area contributed by atoms with Gasteiger partial charge >= 0.3 is 0 Å². The number of methoxy groups -OCH3 is 1. The number of hydrogen-bond donors (Lipinski definition) is 1. The van der Waals surface area contributed by atoms with E-state index < -0.39 is 0 Å². The lowest BCUT2D eigenvalue weighted by Crippen LogP contribution is -2.04. The molecule has 0 unspecified atom stereocenters. The maximum Gasteiger partial charge on any atom is 0.233 e. The van der Waals surface area contributed by atoms with Gasteiger partial charge < -0.3 is 10.1 Å². The summed E-state index contributed by atoms with van der Waals surface area (Å²) in [5, 5.41) is 3.21. The van der Waals surface area contributed by atoms with Crippen LogP contribution in [0.4, 0.5) is 5.82 Å². The molecular weight excluding hydrogens is 226 g/mol. The van der Waals surface area contributed by atoms with Crippen molar-refractivity contribution >= 4 is 17.4 Å². The first-order valence-corrected chi connectivity index (χ1v) is 6.06. The Kier molecular flexibility index (Phi) is 6.65. The normalized spacial score (nSPS) is 10.1. The predicted octanol–water partition coefficient (Wildman–Crippen LogP) is 2.70. The van der Waals surface area contributed by atoms with E-state index in [0.29, 0.717) is 5.88 Å². The Hall–Kier alpha value is -1.03. The molecule has 0 radical (unpaired) electrons. The molecule has 0 aliphatic carbocycles. The van der Waals surface area contributed by atoms with E-state index in [-0.39, 0.29) is 0 Å². The molecule has 0 spiro atoms. The summed E-state index contributed by atoms with van der Waals surface area (Å²) in [4.78, 5) is 8.22. The van der Waals surface area contributed by atoms with Crippen molar-refractivity contribution in [3.05, 3.63) is 12.4 Å². The minimum absolute atomic E-state index is 0.534. The fourth-order valence-electron chi connectivity index (χ4n) is 1.32. The second-order valence-corrected chi connectivity index (χ2v) is 3.85. The van der Waals surface area contributed by atoms with Crippen molar-refractivity contribution in [2.75, 3.05) is 24.9 Å². The molecule has 5 heteroatoms. The highest BCUT2D eigenvalue weighted by Crippen LogP contribution is 2.08. The van der Waals surface area contributed by atoms with Gasteiger partial charge in [0.05, 0.1) is 19.5 Å². The zero-order valence-electron chi connectivity index (χ0n) is 9.58. The number of nitrogens with zero attached hydrogens (tertiary/aromatic N) is 2. The van der Waals surface area contributed by atoms with Crippen molar-refractivity contribution in [3.63, 3.8) is 0 Å². The largest absolute Gasteiger partial charge is 0.480 e. The van der Waals surface area contributed by atoms with Gasteiger partial charge in [0.15, 0.2) is 0 Å². The quantitative estimate of drug-likeness (QED) is 0.563. The number of nitrogens with one attached hydrogen (secondary N) is 1. The molecule has 0 saturated heterocycles. The molecule has 0 bridgehead atoms. The lowest BCUT2D eigenvalue weighted by atomic mass is 10.2. The summed E-state index contributed by atoms with van der Waals surface area (Å²) in [6.07, 6.45) is 7.88. The topological polar surface area (TPSA) is 47.0 Å². The Morgan fingerprint density at radius 1 is 1.25 bits per heavy atom. The highest BCUT2D eigenvalue weighted by atomic mass is 35.5. The number of aromatic nitrogens is 2. The Bertz CT molecular complexity index is 296. The third kappa shape index (κ3) is 5.16. The molecular formula is C11H18ClN3O. The Labute approximate surface area is 101 Å². The Morgan fingerprint density at radius 2 is 2.06 bits per heavy atom. The minimum atomic E-state index is 0.534. The lowest BCUT2D eigenvalue weighted by molar-refractivity contribution is 0.396. The van der Waals surface area contributed by atoms with Crippen LogP contribution in [0.5, 0.6) is 5.88 Å². The summed E-state index contributed by atoms with van der Waals surface area (Å²) in [5.74, 6) is 2.05. The molecule has 0 atom stereocenters. The van der Waals surface area contributed by atoms with Crippen LogP contribution in [0.3, 0.4) is 0 Å². The first kappa shape index (κ1) is 13.0. The molecule has 0 aliphatic heterocycles. The van der Waals surface area contributed by atoms with Gasteiger partial charge in [-0.1, -0.05) is 12.8 Å². The molecule has 0 aromatic carbocycles. The van der Waals surface area contributed by atoms with Gasteiger partial charge in [-0.25, -0.2) is 0 Å². The first-order valence-electron chi connectivity index (χ1n) is 5.52. The van der Waals surface area contributed by atoms with Crippen molar-refractivity contribution in [1.82, 2.24) is 9.97 Å². The van der Waals surface area contributed by atoms with E-state index in [9.17, 15) is 0 Å². The molecule has 1 aromatic rings.